The molecular weight excluding hydrogens is 315 g/mol. The fourth-order valence-corrected chi connectivity index (χ4v) is 2.55. The summed E-state index contributed by atoms with van der Waals surface area (Å²) in [6, 6.07) is 4.13. The Hall–Kier alpha value is -1.14. The van der Waals surface area contributed by atoms with Gasteiger partial charge in [-0.25, -0.2) is 9.18 Å². The summed E-state index contributed by atoms with van der Waals surface area (Å²) in [6.07, 6.45) is 1.84. The van der Waals surface area contributed by atoms with Crippen molar-refractivity contribution in [2.24, 2.45) is 5.92 Å². The van der Waals surface area contributed by atoms with Crippen molar-refractivity contribution in [1.29, 1.82) is 0 Å². The number of nitrogens with zero attached hydrogens (tertiary/aromatic N) is 1. The first-order valence-electron chi connectivity index (χ1n) is 6.22. The molecule has 0 bridgehead atoms. The van der Waals surface area contributed by atoms with E-state index in [-0.39, 0.29) is 24.4 Å². The van der Waals surface area contributed by atoms with Gasteiger partial charge in [0.05, 0.1) is 4.47 Å². The first-order valence-corrected chi connectivity index (χ1v) is 7.01. The highest BCUT2D eigenvalue weighted by Crippen LogP contribution is 2.21. The number of hydrogen-bond acceptors (Lipinski definition) is 2. The van der Waals surface area contributed by atoms with E-state index in [1.807, 2.05) is 0 Å². The predicted molar refractivity (Wildman–Crippen MR) is 74.5 cm³/mol. The van der Waals surface area contributed by atoms with Crippen molar-refractivity contribution in [3.05, 3.63) is 28.5 Å². The Kier molecular flexibility index (Phi) is 4.76. The second-order valence-electron chi connectivity index (χ2n) is 4.70. The van der Waals surface area contributed by atoms with Gasteiger partial charge in [0, 0.05) is 25.4 Å². The Labute approximate surface area is 119 Å². The fourth-order valence-electron chi connectivity index (χ4n) is 2.17. The van der Waals surface area contributed by atoms with Crippen LogP contribution in [-0.4, -0.2) is 35.7 Å². The van der Waals surface area contributed by atoms with Crippen molar-refractivity contribution >= 4 is 27.6 Å². The molecule has 6 heteroatoms. The molecule has 0 spiro atoms. The fraction of sp³-hybridized carbons (Fsp3) is 0.462. The lowest BCUT2D eigenvalue weighted by Crippen LogP contribution is -2.43. The summed E-state index contributed by atoms with van der Waals surface area (Å²) in [5, 5.41) is 11.9. The molecule has 0 aliphatic carbocycles. The molecule has 1 aliphatic rings. The van der Waals surface area contributed by atoms with Crippen LogP contribution < -0.4 is 5.32 Å². The van der Waals surface area contributed by atoms with E-state index in [9.17, 15) is 9.18 Å². The number of benzene rings is 1. The van der Waals surface area contributed by atoms with Crippen LogP contribution in [0, 0.1) is 11.7 Å². The van der Waals surface area contributed by atoms with Gasteiger partial charge in [0.1, 0.15) is 5.82 Å². The van der Waals surface area contributed by atoms with Gasteiger partial charge in [-0.2, -0.15) is 0 Å². The number of hydrogen-bond donors (Lipinski definition) is 2. The monoisotopic (exact) mass is 330 g/mol. The second kappa shape index (κ2) is 6.34. The molecule has 1 saturated heterocycles. The highest BCUT2D eigenvalue weighted by molar-refractivity contribution is 9.10. The average molecular weight is 331 g/mol. The van der Waals surface area contributed by atoms with Crippen molar-refractivity contribution in [3.8, 4) is 0 Å². The van der Waals surface area contributed by atoms with Gasteiger partial charge in [-0.15, -0.1) is 0 Å². The molecule has 104 valence electrons. The molecule has 0 saturated carbocycles. The number of amides is 2. The maximum Gasteiger partial charge on any atom is 0.321 e. The van der Waals surface area contributed by atoms with Crippen molar-refractivity contribution < 1.29 is 14.3 Å². The van der Waals surface area contributed by atoms with Crippen LogP contribution in [0.4, 0.5) is 14.9 Å². The summed E-state index contributed by atoms with van der Waals surface area (Å²) in [6.45, 7) is 1.35. The minimum atomic E-state index is -0.365. The van der Waals surface area contributed by atoms with E-state index >= 15 is 0 Å². The molecule has 2 amide bonds. The normalized spacial score (nSPS) is 19.3. The molecule has 1 fully saturated rings. The van der Waals surface area contributed by atoms with Gasteiger partial charge in [0.25, 0.3) is 0 Å². The highest BCUT2D eigenvalue weighted by atomic mass is 79.9. The van der Waals surface area contributed by atoms with Crippen molar-refractivity contribution in [1.82, 2.24) is 4.90 Å². The number of halogens is 2. The summed E-state index contributed by atoms with van der Waals surface area (Å²) in [7, 11) is 0. The molecular formula is C13H16BrFN2O2. The Morgan fingerprint density at radius 1 is 1.58 bits per heavy atom. The van der Waals surface area contributed by atoms with E-state index in [0.717, 1.165) is 12.8 Å². The topological polar surface area (TPSA) is 52.6 Å². The van der Waals surface area contributed by atoms with E-state index < -0.39 is 0 Å². The zero-order valence-electron chi connectivity index (χ0n) is 10.4. The summed E-state index contributed by atoms with van der Waals surface area (Å²) in [5.74, 6) is -0.212. The molecule has 0 aromatic heterocycles. The zero-order chi connectivity index (χ0) is 13.8. The van der Waals surface area contributed by atoms with E-state index in [1.54, 1.807) is 4.90 Å². The first-order chi connectivity index (χ1) is 9.10. The Balaban J connectivity index is 1.98. The minimum absolute atomic E-state index is 0.103. The number of nitrogens with one attached hydrogen (secondary N) is 1. The van der Waals surface area contributed by atoms with E-state index in [0.29, 0.717) is 23.2 Å². The predicted octanol–water partition coefficient (Wildman–Crippen LogP) is 2.82. The van der Waals surface area contributed by atoms with Crippen LogP contribution in [-0.2, 0) is 0 Å². The number of likely N-dealkylation sites (tertiary alicyclic amines) is 1. The molecule has 1 aromatic carbocycles. The summed E-state index contributed by atoms with van der Waals surface area (Å²) in [4.78, 5) is 13.7. The lowest BCUT2D eigenvalue weighted by atomic mass is 9.99. The molecule has 1 atom stereocenters. The minimum Gasteiger partial charge on any atom is -0.396 e. The number of carbonyl (C=O) groups is 1. The standard InChI is InChI=1S/C13H16BrFN2O2/c14-11-6-10(3-4-12(11)15)16-13(19)17-5-1-2-9(7-17)8-18/h3-4,6,9,18H,1-2,5,7-8H2,(H,16,19)/t9-/m1/s1. The number of aliphatic hydroxyl groups is 1. The maximum atomic E-state index is 13.1. The van der Waals surface area contributed by atoms with Crippen LogP contribution in [0.1, 0.15) is 12.8 Å². The first kappa shape index (κ1) is 14.3. The van der Waals surface area contributed by atoms with Crippen LogP contribution in [0.3, 0.4) is 0 Å². The SMILES string of the molecule is O=C(Nc1ccc(F)c(Br)c1)N1CCC[C@@H](CO)C1. The Morgan fingerprint density at radius 2 is 2.37 bits per heavy atom. The van der Waals surface area contributed by atoms with Crippen LogP contribution in [0.2, 0.25) is 0 Å². The molecule has 19 heavy (non-hydrogen) atoms. The van der Waals surface area contributed by atoms with Crippen LogP contribution in [0.25, 0.3) is 0 Å². The third kappa shape index (κ3) is 3.67. The molecule has 1 aromatic rings. The van der Waals surface area contributed by atoms with E-state index in [2.05, 4.69) is 21.2 Å². The summed E-state index contributed by atoms with van der Waals surface area (Å²) >= 11 is 3.08. The van der Waals surface area contributed by atoms with Crippen molar-refractivity contribution in [2.45, 2.75) is 12.8 Å². The Bertz CT molecular complexity index is 470. The number of aliphatic hydroxyl groups excluding tert-OH is 1. The lowest BCUT2D eigenvalue weighted by Gasteiger charge is -2.31. The maximum absolute atomic E-state index is 13.1. The molecule has 0 radical (unpaired) electrons. The number of rotatable bonds is 2. The van der Waals surface area contributed by atoms with Gasteiger partial charge in [-0.05, 0) is 52.9 Å². The molecule has 2 rings (SSSR count). The third-order valence-corrected chi connectivity index (χ3v) is 3.84. The van der Waals surface area contributed by atoms with E-state index in [4.69, 9.17) is 5.11 Å². The zero-order valence-corrected chi connectivity index (χ0v) is 12.0. The van der Waals surface area contributed by atoms with Crippen LogP contribution in [0.5, 0.6) is 0 Å². The summed E-state index contributed by atoms with van der Waals surface area (Å²) in [5.41, 5.74) is 0.546. The number of anilines is 1. The average Bonchev–Trinajstić information content (AvgIpc) is 2.43. The van der Waals surface area contributed by atoms with Gasteiger partial charge < -0.3 is 15.3 Å². The third-order valence-electron chi connectivity index (χ3n) is 3.24. The van der Waals surface area contributed by atoms with E-state index in [1.165, 1.54) is 18.2 Å². The van der Waals surface area contributed by atoms with Gasteiger partial charge in [-0.3, -0.25) is 0 Å². The number of urea groups is 1. The molecule has 0 unspecified atom stereocenters. The lowest BCUT2D eigenvalue weighted by molar-refractivity contribution is 0.136. The van der Waals surface area contributed by atoms with Crippen LogP contribution in [0.15, 0.2) is 22.7 Å². The summed E-state index contributed by atoms with van der Waals surface area (Å²) < 4.78 is 13.4. The van der Waals surface area contributed by atoms with Gasteiger partial charge in [0.15, 0.2) is 0 Å². The van der Waals surface area contributed by atoms with Crippen LogP contribution >= 0.6 is 15.9 Å². The highest BCUT2D eigenvalue weighted by Gasteiger charge is 2.23. The molecule has 4 nitrogen and oxygen atoms in total. The molecule has 1 heterocycles. The van der Waals surface area contributed by atoms with Crippen molar-refractivity contribution in [3.63, 3.8) is 0 Å². The van der Waals surface area contributed by atoms with Gasteiger partial charge in [0.2, 0.25) is 0 Å². The quantitative estimate of drug-likeness (QED) is 0.876. The van der Waals surface area contributed by atoms with Gasteiger partial charge >= 0.3 is 6.03 Å². The van der Waals surface area contributed by atoms with Crippen molar-refractivity contribution in [2.75, 3.05) is 25.0 Å². The Morgan fingerprint density at radius 3 is 3.05 bits per heavy atom. The molecule has 2 N–H and O–H groups in total. The second-order valence-corrected chi connectivity index (χ2v) is 5.55. The molecule has 1 aliphatic heterocycles. The van der Waals surface area contributed by atoms with Gasteiger partial charge in [-0.1, -0.05) is 0 Å². The largest absolute Gasteiger partial charge is 0.396 e. The number of carbonyl (C=O) groups excluding carboxylic acids is 1. The smallest absolute Gasteiger partial charge is 0.321 e. The number of piperidine rings is 1.